The molecule has 5 heteroatoms. The first-order valence-electron chi connectivity index (χ1n) is 7.60. The third-order valence-corrected chi connectivity index (χ3v) is 3.44. The van der Waals surface area contributed by atoms with Gasteiger partial charge in [0.1, 0.15) is 0 Å². The fourth-order valence-corrected chi connectivity index (χ4v) is 2.21. The number of carbonyl (C=O) groups is 1. The summed E-state index contributed by atoms with van der Waals surface area (Å²) in [4.78, 5) is 14.4. The summed E-state index contributed by atoms with van der Waals surface area (Å²) in [6, 6.07) is 0.343. The molecule has 2 atom stereocenters. The number of amides is 1. The van der Waals surface area contributed by atoms with E-state index < -0.39 is 0 Å². The minimum atomic E-state index is -0.202. The fourth-order valence-electron chi connectivity index (χ4n) is 2.21. The first-order chi connectivity index (χ1) is 9.19. The van der Waals surface area contributed by atoms with Crippen LogP contribution in [0.3, 0.4) is 0 Å². The molecule has 5 nitrogen and oxygen atoms in total. The molecular weight excluding hydrogens is 254 g/mol. The van der Waals surface area contributed by atoms with Gasteiger partial charge >= 0.3 is 0 Å². The van der Waals surface area contributed by atoms with Crippen molar-refractivity contribution in [2.75, 3.05) is 26.2 Å². The summed E-state index contributed by atoms with van der Waals surface area (Å²) in [5.74, 6) is 0.0361. The van der Waals surface area contributed by atoms with E-state index in [1.54, 1.807) is 0 Å². The molecule has 0 bridgehead atoms. The maximum Gasteiger partial charge on any atom is 0.237 e. The molecule has 1 rings (SSSR count). The number of rotatable bonds is 5. The smallest absolute Gasteiger partial charge is 0.237 e. The second-order valence-corrected chi connectivity index (χ2v) is 6.95. The Labute approximate surface area is 123 Å². The Balaban J connectivity index is 2.33. The lowest BCUT2D eigenvalue weighted by molar-refractivity contribution is -0.124. The monoisotopic (exact) mass is 285 g/mol. The van der Waals surface area contributed by atoms with Crippen LogP contribution in [0.2, 0.25) is 0 Å². The Kier molecular flexibility index (Phi) is 6.43. The van der Waals surface area contributed by atoms with Crippen LogP contribution in [0.1, 0.15) is 41.5 Å². The highest BCUT2D eigenvalue weighted by Gasteiger charge is 2.24. The van der Waals surface area contributed by atoms with Gasteiger partial charge in [-0.15, -0.1) is 0 Å². The van der Waals surface area contributed by atoms with Gasteiger partial charge in [-0.05, 0) is 41.5 Å². The second kappa shape index (κ2) is 7.38. The average Bonchev–Trinajstić information content (AvgIpc) is 2.34. The minimum absolute atomic E-state index is 0.0361. The van der Waals surface area contributed by atoms with Crippen LogP contribution in [-0.4, -0.2) is 60.8 Å². The van der Waals surface area contributed by atoms with E-state index in [1.165, 1.54) is 0 Å². The molecule has 1 amide bonds. The molecule has 0 aromatic rings. The van der Waals surface area contributed by atoms with E-state index in [0.717, 1.165) is 19.7 Å². The van der Waals surface area contributed by atoms with E-state index in [4.69, 9.17) is 4.74 Å². The number of hydrogen-bond donors (Lipinski definition) is 2. The Morgan fingerprint density at radius 1 is 1.35 bits per heavy atom. The summed E-state index contributed by atoms with van der Waals surface area (Å²) in [6.45, 7) is 15.7. The number of nitrogens with zero attached hydrogens (tertiary/aromatic N) is 1. The molecule has 0 radical (unpaired) electrons. The van der Waals surface area contributed by atoms with Gasteiger partial charge in [0.15, 0.2) is 0 Å². The molecule has 0 spiro atoms. The van der Waals surface area contributed by atoms with Crippen molar-refractivity contribution in [1.29, 1.82) is 0 Å². The molecule has 20 heavy (non-hydrogen) atoms. The maximum atomic E-state index is 12.0. The number of nitrogens with one attached hydrogen (secondary N) is 2. The van der Waals surface area contributed by atoms with Crippen molar-refractivity contribution in [3.05, 3.63) is 0 Å². The van der Waals surface area contributed by atoms with E-state index in [1.807, 2.05) is 27.7 Å². The summed E-state index contributed by atoms with van der Waals surface area (Å²) in [7, 11) is 0. The van der Waals surface area contributed by atoms with Gasteiger partial charge in [0, 0.05) is 31.2 Å². The zero-order valence-electron chi connectivity index (χ0n) is 13.8. The highest BCUT2D eigenvalue weighted by atomic mass is 16.5. The van der Waals surface area contributed by atoms with Crippen molar-refractivity contribution in [1.82, 2.24) is 15.5 Å². The van der Waals surface area contributed by atoms with Gasteiger partial charge in [-0.2, -0.15) is 0 Å². The van der Waals surface area contributed by atoms with Crippen LogP contribution in [0, 0.1) is 0 Å². The predicted molar refractivity (Wildman–Crippen MR) is 81.8 cm³/mol. The normalized spacial score (nSPS) is 22.9. The van der Waals surface area contributed by atoms with Crippen molar-refractivity contribution in [2.45, 2.75) is 65.3 Å². The molecular formula is C15H31N3O2. The van der Waals surface area contributed by atoms with E-state index >= 15 is 0 Å². The van der Waals surface area contributed by atoms with Gasteiger partial charge in [-0.3, -0.25) is 9.69 Å². The minimum Gasteiger partial charge on any atom is -0.374 e. The lowest BCUT2D eigenvalue weighted by Gasteiger charge is -2.36. The molecule has 1 aliphatic heterocycles. The molecule has 1 saturated heterocycles. The first-order valence-corrected chi connectivity index (χ1v) is 7.60. The third-order valence-electron chi connectivity index (χ3n) is 3.44. The van der Waals surface area contributed by atoms with Gasteiger partial charge in [-0.1, -0.05) is 0 Å². The number of carbonyl (C=O) groups excluding carboxylic acids is 1. The predicted octanol–water partition coefficient (Wildman–Crippen LogP) is 0.988. The summed E-state index contributed by atoms with van der Waals surface area (Å²) in [5, 5.41) is 6.25. The van der Waals surface area contributed by atoms with Gasteiger partial charge in [0.05, 0.1) is 18.8 Å². The summed E-state index contributed by atoms with van der Waals surface area (Å²) >= 11 is 0. The zero-order valence-corrected chi connectivity index (χ0v) is 13.8. The van der Waals surface area contributed by atoms with Crippen molar-refractivity contribution < 1.29 is 9.53 Å². The topological polar surface area (TPSA) is 53.6 Å². The first kappa shape index (κ1) is 17.4. The van der Waals surface area contributed by atoms with Crippen LogP contribution in [-0.2, 0) is 9.53 Å². The van der Waals surface area contributed by atoms with Gasteiger partial charge in [0.25, 0.3) is 0 Å². The van der Waals surface area contributed by atoms with Gasteiger partial charge in [-0.25, -0.2) is 0 Å². The summed E-state index contributed by atoms with van der Waals surface area (Å²) in [6.07, 6.45) is 0.163. The SMILES string of the molecule is CC(NCC1CN(C(C)C)CCO1)C(=O)NC(C)(C)C. The number of ether oxygens (including phenoxy) is 1. The lowest BCUT2D eigenvalue weighted by Crippen LogP contribution is -2.53. The standard InChI is InChI=1S/C15H31N3O2/c1-11(2)18-7-8-20-13(10-18)9-16-12(3)14(19)17-15(4,5)6/h11-13,16H,7-10H2,1-6H3,(H,17,19). The van der Waals surface area contributed by atoms with Crippen LogP contribution in [0.4, 0.5) is 0 Å². The van der Waals surface area contributed by atoms with Crippen molar-refractivity contribution in [2.24, 2.45) is 0 Å². The average molecular weight is 285 g/mol. The second-order valence-electron chi connectivity index (χ2n) is 6.95. The molecule has 1 heterocycles. The van der Waals surface area contributed by atoms with Crippen molar-refractivity contribution in [3.8, 4) is 0 Å². The molecule has 118 valence electrons. The molecule has 1 aliphatic rings. The van der Waals surface area contributed by atoms with E-state index in [0.29, 0.717) is 12.6 Å². The highest BCUT2D eigenvalue weighted by Crippen LogP contribution is 2.08. The molecule has 0 aromatic heterocycles. The van der Waals surface area contributed by atoms with Crippen LogP contribution in [0.25, 0.3) is 0 Å². The molecule has 1 fully saturated rings. The Hall–Kier alpha value is -0.650. The van der Waals surface area contributed by atoms with E-state index in [-0.39, 0.29) is 23.6 Å². The molecule has 2 unspecified atom stereocenters. The van der Waals surface area contributed by atoms with Crippen LogP contribution < -0.4 is 10.6 Å². The van der Waals surface area contributed by atoms with E-state index in [9.17, 15) is 4.79 Å². The Morgan fingerprint density at radius 2 is 2.00 bits per heavy atom. The van der Waals surface area contributed by atoms with Gasteiger partial charge < -0.3 is 15.4 Å². The Morgan fingerprint density at radius 3 is 2.55 bits per heavy atom. The number of morpholine rings is 1. The molecule has 0 aliphatic carbocycles. The summed E-state index contributed by atoms with van der Waals surface area (Å²) in [5.41, 5.74) is -0.192. The fraction of sp³-hybridized carbons (Fsp3) is 0.933. The highest BCUT2D eigenvalue weighted by molar-refractivity contribution is 5.81. The van der Waals surface area contributed by atoms with Crippen molar-refractivity contribution in [3.63, 3.8) is 0 Å². The molecule has 2 N–H and O–H groups in total. The van der Waals surface area contributed by atoms with Crippen LogP contribution >= 0.6 is 0 Å². The third kappa shape index (κ3) is 6.20. The number of hydrogen-bond acceptors (Lipinski definition) is 4. The van der Waals surface area contributed by atoms with Gasteiger partial charge in [0.2, 0.25) is 5.91 Å². The van der Waals surface area contributed by atoms with Crippen molar-refractivity contribution >= 4 is 5.91 Å². The largest absolute Gasteiger partial charge is 0.374 e. The van der Waals surface area contributed by atoms with Crippen LogP contribution in [0.15, 0.2) is 0 Å². The molecule has 0 aromatic carbocycles. The van der Waals surface area contributed by atoms with Crippen LogP contribution in [0.5, 0.6) is 0 Å². The van der Waals surface area contributed by atoms with E-state index in [2.05, 4.69) is 29.4 Å². The maximum absolute atomic E-state index is 12.0. The summed E-state index contributed by atoms with van der Waals surface area (Å²) < 4.78 is 5.75. The lowest BCUT2D eigenvalue weighted by atomic mass is 10.1. The quantitative estimate of drug-likeness (QED) is 0.791. The Bertz CT molecular complexity index is 313. The molecule has 0 saturated carbocycles. The zero-order chi connectivity index (χ0) is 15.3.